The van der Waals surface area contributed by atoms with Crippen molar-refractivity contribution >= 4 is 23.0 Å². The summed E-state index contributed by atoms with van der Waals surface area (Å²) in [5.74, 6) is 0.950. The van der Waals surface area contributed by atoms with Crippen LogP contribution in [0.5, 0.6) is 0 Å². The Morgan fingerprint density at radius 2 is 2.07 bits per heavy atom. The van der Waals surface area contributed by atoms with E-state index in [1.165, 1.54) is 27.3 Å². The number of thioether (sulfide) groups is 1. The minimum absolute atomic E-state index is 0.268. The summed E-state index contributed by atoms with van der Waals surface area (Å²) in [6.45, 7) is 12.9. The monoisotopic (exact) mass is 399 g/mol. The molecular weight excluding hydrogens is 370 g/mol. The van der Waals surface area contributed by atoms with Crippen LogP contribution in [0.15, 0.2) is 114 Å². The minimum Gasteiger partial charge on any atom is -0.357 e. The summed E-state index contributed by atoms with van der Waals surface area (Å²) in [6.07, 6.45) is 21.6. The van der Waals surface area contributed by atoms with Crippen LogP contribution >= 0.6 is 11.8 Å². The zero-order valence-electron chi connectivity index (χ0n) is 17.3. The molecule has 1 unspecified atom stereocenters. The van der Waals surface area contributed by atoms with Crippen LogP contribution in [0, 0.1) is 0 Å². The molecule has 1 atom stereocenters. The number of anilines is 1. The summed E-state index contributed by atoms with van der Waals surface area (Å²) < 4.78 is 0. The van der Waals surface area contributed by atoms with E-state index in [0.717, 1.165) is 17.9 Å². The summed E-state index contributed by atoms with van der Waals surface area (Å²) in [4.78, 5) is 3.65. The number of fused-ring (bicyclic) bond motifs is 3. The minimum atomic E-state index is 0.268. The maximum absolute atomic E-state index is 4.03. The largest absolute Gasteiger partial charge is 0.357 e. The van der Waals surface area contributed by atoms with Crippen LogP contribution in [0.4, 0.5) is 5.69 Å². The first kappa shape index (κ1) is 21.0. The molecule has 0 radical (unpaired) electrons. The highest BCUT2D eigenvalue weighted by Gasteiger charge is 2.25. The van der Waals surface area contributed by atoms with E-state index in [1.807, 2.05) is 11.8 Å². The van der Waals surface area contributed by atoms with Crippen molar-refractivity contribution < 1.29 is 0 Å². The molecule has 0 spiro atoms. The highest BCUT2D eigenvalue weighted by Crippen LogP contribution is 2.39. The molecule has 2 aliphatic rings. The molecule has 1 heterocycles. The fourth-order valence-corrected chi connectivity index (χ4v) is 4.40. The maximum Gasteiger partial charge on any atom is 0.0673 e. The standard InChI is InChI=1S/C27H29NS/c1-5-7-18-29-24(19-21(3)6-2)14-11-17-28-23-13-10-12-22(4)26(20-23)25-15-8-9-16-27(25)28/h5-16,19-20,23H,2-3,17-18H2,1,4H3/b7-5-,14-11-,24-19-. The molecule has 29 heavy (non-hydrogen) atoms. The van der Waals surface area contributed by atoms with E-state index in [0.29, 0.717) is 0 Å². The van der Waals surface area contributed by atoms with Crippen molar-refractivity contribution in [2.75, 3.05) is 17.2 Å². The molecule has 0 fully saturated rings. The molecular formula is C27H29NS. The lowest BCUT2D eigenvalue weighted by Gasteiger charge is -2.35. The van der Waals surface area contributed by atoms with E-state index in [-0.39, 0.29) is 6.04 Å². The van der Waals surface area contributed by atoms with Crippen LogP contribution in [0.2, 0.25) is 0 Å². The third kappa shape index (κ3) is 5.21. The van der Waals surface area contributed by atoms with Gasteiger partial charge in [-0.15, -0.1) is 11.8 Å². The normalized spacial score (nSPS) is 18.5. The summed E-state index contributed by atoms with van der Waals surface area (Å²) in [5, 5.41) is 0. The van der Waals surface area contributed by atoms with Crippen LogP contribution in [0.25, 0.3) is 5.57 Å². The van der Waals surface area contributed by atoms with E-state index in [1.54, 1.807) is 6.08 Å². The van der Waals surface area contributed by atoms with Gasteiger partial charge < -0.3 is 4.90 Å². The van der Waals surface area contributed by atoms with Crippen LogP contribution in [0.1, 0.15) is 19.4 Å². The second-order valence-corrected chi connectivity index (χ2v) is 8.18. The van der Waals surface area contributed by atoms with Gasteiger partial charge in [0.25, 0.3) is 0 Å². The van der Waals surface area contributed by atoms with E-state index in [9.17, 15) is 0 Å². The fourth-order valence-electron chi connectivity index (χ4n) is 3.49. The van der Waals surface area contributed by atoms with E-state index >= 15 is 0 Å². The second-order valence-electron chi connectivity index (χ2n) is 7.08. The number of nitrogens with zero attached hydrogens (tertiary/aromatic N) is 1. The van der Waals surface area contributed by atoms with Gasteiger partial charge in [-0.2, -0.15) is 0 Å². The van der Waals surface area contributed by atoms with Crippen molar-refractivity contribution in [1.82, 2.24) is 0 Å². The molecule has 3 rings (SSSR count). The molecule has 0 aromatic heterocycles. The highest BCUT2D eigenvalue weighted by atomic mass is 32.2. The Morgan fingerprint density at radius 3 is 2.86 bits per heavy atom. The number of hydrogen-bond donors (Lipinski definition) is 0. The molecule has 0 saturated carbocycles. The lowest BCUT2D eigenvalue weighted by molar-refractivity contribution is 0.833. The van der Waals surface area contributed by atoms with Crippen molar-refractivity contribution in [2.45, 2.75) is 19.9 Å². The third-order valence-electron chi connectivity index (χ3n) is 5.04. The van der Waals surface area contributed by atoms with Gasteiger partial charge in [-0.25, -0.2) is 0 Å². The Kier molecular flexibility index (Phi) is 7.37. The lowest BCUT2D eigenvalue weighted by Crippen LogP contribution is -2.35. The van der Waals surface area contributed by atoms with Gasteiger partial charge in [-0.05, 0) is 42.7 Å². The first-order valence-corrected chi connectivity index (χ1v) is 11.0. The Bertz CT molecular complexity index is 953. The number of para-hydroxylation sites is 1. The third-order valence-corrected chi connectivity index (χ3v) is 5.98. The lowest BCUT2D eigenvalue weighted by atomic mass is 9.91. The van der Waals surface area contributed by atoms with E-state index < -0.39 is 0 Å². The topological polar surface area (TPSA) is 3.24 Å². The molecule has 148 valence electrons. The number of allylic oxidation sites excluding steroid dienone is 9. The quantitative estimate of drug-likeness (QED) is 0.334. The van der Waals surface area contributed by atoms with Crippen molar-refractivity contribution in [3.05, 3.63) is 120 Å². The number of hydrogen-bond acceptors (Lipinski definition) is 2. The Labute approximate surface area is 179 Å². The van der Waals surface area contributed by atoms with E-state index in [2.05, 4.69) is 111 Å². The molecule has 0 saturated heterocycles. The van der Waals surface area contributed by atoms with Gasteiger partial charge in [0.15, 0.2) is 0 Å². The fraction of sp³-hybridized carbons (Fsp3) is 0.185. The molecule has 1 aromatic carbocycles. The predicted octanol–water partition coefficient (Wildman–Crippen LogP) is 7.27. The molecule has 1 aromatic rings. The molecule has 0 N–H and O–H groups in total. The van der Waals surface area contributed by atoms with Crippen molar-refractivity contribution in [1.29, 1.82) is 0 Å². The molecule has 2 bridgehead atoms. The number of benzene rings is 1. The first-order chi connectivity index (χ1) is 14.1. The van der Waals surface area contributed by atoms with Crippen molar-refractivity contribution in [3.8, 4) is 0 Å². The Balaban J connectivity index is 1.83. The zero-order chi connectivity index (χ0) is 20.6. The SMILES string of the molecule is C=CC(=C)/C=C(/C=C\CN1c2ccccc2C2=CC1C=CC=C2C)SC/C=C\C. The van der Waals surface area contributed by atoms with Crippen LogP contribution in [0.3, 0.4) is 0 Å². The zero-order valence-corrected chi connectivity index (χ0v) is 18.2. The molecule has 1 aliphatic heterocycles. The van der Waals surface area contributed by atoms with Gasteiger partial charge in [0.1, 0.15) is 0 Å². The van der Waals surface area contributed by atoms with Gasteiger partial charge in [-0.1, -0.05) is 86.0 Å². The van der Waals surface area contributed by atoms with Crippen LogP contribution < -0.4 is 4.90 Å². The summed E-state index contributed by atoms with van der Waals surface area (Å²) >= 11 is 1.81. The van der Waals surface area contributed by atoms with Crippen LogP contribution in [-0.2, 0) is 0 Å². The Hall–Kier alpha value is -2.71. The van der Waals surface area contributed by atoms with Crippen molar-refractivity contribution in [3.63, 3.8) is 0 Å². The molecule has 1 aliphatic carbocycles. The molecule has 0 amide bonds. The first-order valence-electron chi connectivity index (χ1n) is 10.0. The smallest absolute Gasteiger partial charge is 0.0673 e. The second kappa shape index (κ2) is 10.2. The summed E-state index contributed by atoms with van der Waals surface area (Å²) in [5.41, 5.74) is 6.21. The highest BCUT2D eigenvalue weighted by molar-refractivity contribution is 8.03. The average Bonchev–Trinajstić information content (AvgIpc) is 2.90. The van der Waals surface area contributed by atoms with Crippen LogP contribution in [-0.4, -0.2) is 18.3 Å². The maximum atomic E-state index is 4.03. The van der Waals surface area contributed by atoms with Gasteiger partial charge in [0.2, 0.25) is 0 Å². The molecule has 1 nitrogen and oxygen atoms in total. The van der Waals surface area contributed by atoms with Gasteiger partial charge in [0.05, 0.1) is 6.04 Å². The van der Waals surface area contributed by atoms with E-state index in [4.69, 9.17) is 0 Å². The van der Waals surface area contributed by atoms with Gasteiger partial charge in [-0.3, -0.25) is 0 Å². The predicted molar refractivity (Wildman–Crippen MR) is 132 cm³/mol. The van der Waals surface area contributed by atoms with Gasteiger partial charge in [0, 0.05) is 28.5 Å². The molecule has 2 heteroatoms. The number of rotatable bonds is 8. The summed E-state index contributed by atoms with van der Waals surface area (Å²) in [7, 11) is 0. The average molecular weight is 400 g/mol. The van der Waals surface area contributed by atoms with Crippen molar-refractivity contribution in [2.24, 2.45) is 0 Å². The Morgan fingerprint density at radius 1 is 1.24 bits per heavy atom. The van der Waals surface area contributed by atoms with Gasteiger partial charge >= 0.3 is 0 Å². The summed E-state index contributed by atoms with van der Waals surface area (Å²) in [6, 6.07) is 8.97.